The first kappa shape index (κ1) is 16.0. The average Bonchev–Trinajstić information content (AvgIpc) is 2.44. The van der Waals surface area contributed by atoms with E-state index in [0.29, 0.717) is 0 Å². The van der Waals surface area contributed by atoms with Crippen LogP contribution in [0.2, 0.25) is 0 Å². The van der Waals surface area contributed by atoms with Crippen LogP contribution in [0.15, 0.2) is 46.6 Å². The first-order valence-corrected chi connectivity index (χ1v) is 8.16. The van der Waals surface area contributed by atoms with Gasteiger partial charge in [-0.2, -0.15) is 0 Å². The third kappa shape index (κ3) is 4.07. The summed E-state index contributed by atoms with van der Waals surface area (Å²) < 4.78 is 0. The zero-order valence-electron chi connectivity index (χ0n) is 14.0. The van der Waals surface area contributed by atoms with Crippen molar-refractivity contribution < 1.29 is 0 Å². The van der Waals surface area contributed by atoms with E-state index in [0.717, 1.165) is 19.3 Å². The predicted octanol–water partition coefficient (Wildman–Crippen LogP) is 5.09. The Morgan fingerprint density at radius 3 is 2.48 bits per heavy atom. The van der Waals surface area contributed by atoms with Gasteiger partial charge in [-0.15, -0.1) is 0 Å². The van der Waals surface area contributed by atoms with Crippen molar-refractivity contribution in [1.29, 1.82) is 0 Å². The molecule has 1 aromatic rings. The maximum Gasteiger partial charge on any atom is 0.00136 e. The zero-order valence-corrected chi connectivity index (χ0v) is 14.0. The number of hydrogen-bond acceptors (Lipinski definition) is 1. The monoisotopic (exact) mass is 283 g/mol. The largest absolute Gasteiger partial charge is 0.328 e. The molecule has 0 saturated carbocycles. The topological polar surface area (TPSA) is 26.0 Å². The number of benzene rings is 1. The van der Waals surface area contributed by atoms with Gasteiger partial charge in [-0.1, -0.05) is 35.4 Å². The Balaban J connectivity index is 2.29. The second kappa shape index (κ2) is 7.09. The van der Waals surface area contributed by atoms with E-state index in [1.54, 1.807) is 16.7 Å². The minimum Gasteiger partial charge on any atom is -0.328 e. The molecule has 0 saturated heterocycles. The summed E-state index contributed by atoms with van der Waals surface area (Å²) in [6.45, 7) is 8.90. The van der Waals surface area contributed by atoms with Gasteiger partial charge < -0.3 is 5.73 Å². The van der Waals surface area contributed by atoms with E-state index >= 15 is 0 Å². The SMILES string of the molecule is CC1=C(C)C(CCC(C)N)=C(Cc2ccccc2C)CC1. The maximum absolute atomic E-state index is 5.97. The molecule has 0 aromatic heterocycles. The first-order valence-electron chi connectivity index (χ1n) is 8.16. The quantitative estimate of drug-likeness (QED) is 0.800. The van der Waals surface area contributed by atoms with Crippen molar-refractivity contribution >= 4 is 0 Å². The summed E-state index contributed by atoms with van der Waals surface area (Å²) in [5, 5.41) is 0. The molecule has 0 bridgehead atoms. The van der Waals surface area contributed by atoms with Crippen LogP contribution in [0.1, 0.15) is 57.6 Å². The normalized spacial score (nSPS) is 17.4. The molecule has 1 unspecified atom stereocenters. The lowest BCUT2D eigenvalue weighted by Crippen LogP contribution is -2.16. The maximum atomic E-state index is 5.97. The molecule has 1 atom stereocenters. The Morgan fingerprint density at radius 1 is 1.10 bits per heavy atom. The molecular weight excluding hydrogens is 254 g/mol. The molecule has 21 heavy (non-hydrogen) atoms. The van der Waals surface area contributed by atoms with Gasteiger partial charge >= 0.3 is 0 Å². The first-order chi connectivity index (χ1) is 9.99. The van der Waals surface area contributed by atoms with Crippen molar-refractivity contribution in [2.75, 3.05) is 0 Å². The van der Waals surface area contributed by atoms with Gasteiger partial charge in [0.15, 0.2) is 0 Å². The summed E-state index contributed by atoms with van der Waals surface area (Å²) in [5.41, 5.74) is 15.1. The molecule has 2 rings (SSSR count). The number of aryl methyl sites for hydroxylation is 1. The van der Waals surface area contributed by atoms with Crippen molar-refractivity contribution in [2.24, 2.45) is 5.73 Å². The minimum atomic E-state index is 0.284. The van der Waals surface area contributed by atoms with Crippen LogP contribution < -0.4 is 5.73 Å². The Hall–Kier alpha value is -1.34. The fraction of sp³-hybridized carbons (Fsp3) is 0.500. The van der Waals surface area contributed by atoms with Crippen LogP contribution in [0.5, 0.6) is 0 Å². The molecule has 114 valence electrons. The highest BCUT2D eigenvalue weighted by Gasteiger charge is 2.17. The van der Waals surface area contributed by atoms with Crippen LogP contribution in [0.4, 0.5) is 0 Å². The number of nitrogens with two attached hydrogens (primary N) is 1. The number of hydrogen-bond donors (Lipinski definition) is 1. The van der Waals surface area contributed by atoms with E-state index < -0.39 is 0 Å². The second-order valence-electron chi connectivity index (χ2n) is 6.61. The Morgan fingerprint density at radius 2 is 1.81 bits per heavy atom. The number of rotatable bonds is 5. The molecule has 0 heterocycles. The Kier molecular flexibility index (Phi) is 5.41. The number of allylic oxidation sites excluding steroid dienone is 4. The Bertz CT molecular complexity index is 561. The fourth-order valence-corrected chi connectivity index (χ4v) is 3.17. The lowest BCUT2D eigenvalue weighted by Gasteiger charge is -2.25. The van der Waals surface area contributed by atoms with Crippen LogP contribution in [-0.2, 0) is 6.42 Å². The van der Waals surface area contributed by atoms with Crippen molar-refractivity contribution in [3.63, 3.8) is 0 Å². The van der Waals surface area contributed by atoms with Crippen molar-refractivity contribution in [2.45, 2.75) is 65.8 Å². The lowest BCUT2D eigenvalue weighted by molar-refractivity contribution is 0.653. The van der Waals surface area contributed by atoms with Gasteiger partial charge in [0.2, 0.25) is 0 Å². The molecular formula is C20H29N. The van der Waals surface area contributed by atoms with E-state index in [9.17, 15) is 0 Å². The van der Waals surface area contributed by atoms with E-state index in [-0.39, 0.29) is 6.04 Å². The molecule has 1 heteroatoms. The van der Waals surface area contributed by atoms with Crippen LogP contribution in [0.3, 0.4) is 0 Å². The molecule has 0 amide bonds. The summed E-state index contributed by atoms with van der Waals surface area (Å²) >= 11 is 0. The van der Waals surface area contributed by atoms with Crippen LogP contribution in [0.25, 0.3) is 0 Å². The van der Waals surface area contributed by atoms with Gasteiger partial charge in [-0.25, -0.2) is 0 Å². The summed E-state index contributed by atoms with van der Waals surface area (Å²) in [6.07, 6.45) is 5.74. The summed E-state index contributed by atoms with van der Waals surface area (Å²) in [4.78, 5) is 0. The predicted molar refractivity (Wildman–Crippen MR) is 92.4 cm³/mol. The highest BCUT2D eigenvalue weighted by Crippen LogP contribution is 2.35. The molecule has 0 spiro atoms. The summed E-state index contributed by atoms with van der Waals surface area (Å²) in [6, 6.07) is 9.05. The lowest BCUT2D eigenvalue weighted by atomic mass is 9.81. The molecule has 0 fully saturated rings. The van der Waals surface area contributed by atoms with Crippen LogP contribution in [-0.4, -0.2) is 6.04 Å². The molecule has 1 aliphatic carbocycles. The van der Waals surface area contributed by atoms with Crippen molar-refractivity contribution in [3.05, 3.63) is 57.7 Å². The molecule has 0 aliphatic heterocycles. The zero-order chi connectivity index (χ0) is 15.4. The van der Waals surface area contributed by atoms with Crippen molar-refractivity contribution in [1.82, 2.24) is 0 Å². The average molecular weight is 283 g/mol. The van der Waals surface area contributed by atoms with Crippen molar-refractivity contribution in [3.8, 4) is 0 Å². The smallest absolute Gasteiger partial charge is 0.00136 e. The van der Waals surface area contributed by atoms with Gasteiger partial charge in [-0.3, -0.25) is 0 Å². The van der Waals surface area contributed by atoms with E-state index in [1.807, 2.05) is 0 Å². The second-order valence-corrected chi connectivity index (χ2v) is 6.61. The van der Waals surface area contributed by atoms with E-state index in [1.165, 1.54) is 29.5 Å². The molecule has 1 aromatic carbocycles. The standard InChI is InChI=1S/C20H29N/c1-14-9-11-19(13-18-8-6-5-7-15(18)2)20(17(14)4)12-10-16(3)21/h5-8,16H,9-13,21H2,1-4H3. The van der Waals surface area contributed by atoms with Crippen LogP contribution >= 0.6 is 0 Å². The minimum absolute atomic E-state index is 0.284. The Labute approximate surface area is 129 Å². The third-order valence-corrected chi connectivity index (χ3v) is 4.84. The van der Waals surface area contributed by atoms with Crippen LogP contribution in [0, 0.1) is 6.92 Å². The molecule has 1 aliphatic rings. The fourth-order valence-electron chi connectivity index (χ4n) is 3.17. The van der Waals surface area contributed by atoms with Gasteiger partial charge in [-0.05, 0) is 82.1 Å². The highest BCUT2D eigenvalue weighted by atomic mass is 14.6. The molecule has 1 nitrogen and oxygen atoms in total. The van der Waals surface area contributed by atoms with Gasteiger partial charge in [0, 0.05) is 6.04 Å². The highest BCUT2D eigenvalue weighted by molar-refractivity contribution is 5.43. The molecule has 2 N–H and O–H groups in total. The summed E-state index contributed by atoms with van der Waals surface area (Å²) in [5.74, 6) is 0. The van der Waals surface area contributed by atoms with Gasteiger partial charge in [0.25, 0.3) is 0 Å². The molecule has 0 radical (unpaired) electrons. The van der Waals surface area contributed by atoms with Gasteiger partial charge in [0.05, 0.1) is 0 Å². The van der Waals surface area contributed by atoms with Gasteiger partial charge in [0.1, 0.15) is 0 Å². The summed E-state index contributed by atoms with van der Waals surface area (Å²) in [7, 11) is 0. The third-order valence-electron chi connectivity index (χ3n) is 4.84. The van der Waals surface area contributed by atoms with E-state index in [2.05, 4.69) is 52.0 Å². The van der Waals surface area contributed by atoms with E-state index in [4.69, 9.17) is 5.73 Å².